The molecule has 2 aromatic rings. The second-order valence-corrected chi connectivity index (χ2v) is 7.02. The summed E-state index contributed by atoms with van der Waals surface area (Å²) in [5.41, 5.74) is 8.52. The lowest BCUT2D eigenvalue weighted by atomic mass is 10.1. The van der Waals surface area contributed by atoms with Crippen LogP contribution in [0.4, 0.5) is 0 Å². The van der Waals surface area contributed by atoms with Gasteiger partial charge in [-0.2, -0.15) is 0 Å². The summed E-state index contributed by atoms with van der Waals surface area (Å²) in [5.74, 6) is 0.0490. The molecule has 1 saturated heterocycles. The van der Waals surface area contributed by atoms with Crippen molar-refractivity contribution in [1.29, 1.82) is 0 Å². The summed E-state index contributed by atoms with van der Waals surface area (Å²) in [6.45, 7) is 3.08. The standard InChI is InChI=1S/C20H23N5O6/c1-4-15-17(22-23-21)18(30-12(2)26)19(31-15)24-10-9-16(27)25(20(24)28)11-13-5-7-14(29-3)8-6-13/h5-10,15,17-19H,4,11H2,1-3H3/t15-,17-,18-,19-/m1/s1. The van der Waals surface area contributed by atoms with Crippen LogP contribution < -0.4 is 16.0 Å². The first-order chi connectivity index (χ1) is 14.9. The van der Waals surface area contributed by atoms with Crippen molar-refractivity contribution >= 4 is 5.97 Å². The van der Waals surface area contributed by atoms with Crippen molar-refractivity contribution in [2.75, 3.05) is 7.11 Å². The smallest absolute Gasteiger partial charge is 0.333 e. The van der Waals surface area contributed by atoms with Gasteiger partial charge in [0.1, 0.15) is 11.8 Å². The van der Waals surface area contributed by atoms with Gasteiger partial charge in [-0.25, -0.2) is 4.79 Å². The van der Waals surface area contributed by atoms with Gasteiger partial charge in [-0.15, -0.1) is 0 Å². The van der Waals surface area contributed by atoms with Crippen LogP contribution in [0.1, 0.15) is 32.1 Å². The molecular formula is C20H23N5O6. The SMILES string of the molecule is CC[C@H]1O[C@@H](n2ccc(=O)n(Cc3ccc(OC)cc3)c2=O)[C@H](OC(C)=O)[C@@H]1N=[N+]=[N-]. The van der Waals surface area contributed by atoms with E-state index in [1.54, 1.807) is 31.4 Å². The summed E-state index contributed by atoms with van der Waals surface area (Å²) >= 11 is 0. The number of carbonyl (C=O) groups excluding carboxylic acids is 1. The van der Waals surface area contributed by atoms with E-state index in [1.807, 2.05) is 6.92 Å². The van der Waals surface area contributed by atoms with Crippen LogP contribution in [0.25, 0.3) is 10.4 Å². The molecule has 1 aromatic heterocycles. The first-order valence-corrected chi connectivity index (χ1v) is 9.71. The zero-order chi connectivity index (χ0) is 22.5. The number of ether oxygens (including phenoxy) is 3. The number of hydrogen-bond donors (Lipinski definition) is 0. The number of azide groups is 1. The minimum atomic E-state index is -1.04. The molecule has 3 rings (SSSR count). The summed E-state index contributed by atoms with van der Waals surface area (Å²) in [6, 6.07) is 7.39. The Kier molecular flexibility index (Phi) is 6.78. The molecule has 4 atom stereocenters. The zero-order valence-electron chi connectivity index (χ0n) is 17.4. The van der Waals surface area contributed by atoms with Gasteiger partial charge in [0, 0.05) is 24.1 Å². The molecule has 1 fully saturated rings. The number of benzene rings is 1. The fourth-order valence-electron chi connectivity index (χ4n) is 3.58. The van der Waals surface area contributed by atoms with E-state index in [0.717, 1.165) is 10.1 Å². The van der Waals surface area contributed by atoms with Gasteiger partial charge in [-0.3, -0.25) is 18.7 Å². The molecule has 2 heterocycles. The summed E-state index contributed by atoms with van der Waals surface area (Å²) in [6.07, 6.45) is -0.846. The summed E-state index contributed by atoms with van der Waals surface area (Å²) in [4.78, 5) is 40.1. The minimum absolute atomic E-state index is 0.0322. The molecule has 0 saturated carbocycles. The Morgan fingerprint density at radius 2 is 1.97 bits per heavy atom. The van der Waals surface area contributed by atoms with Crippen molar-refractivity contribution in [2.45, 2.75) is 51.3 Å². The number of hydrogen-bond acceptors (Lipinski definition) is 7. The number of rotatable bonds is 7. The topological polar surface area (TPSA) is 138 Å². The average Bonchev–Trinajstić information content (AvgIpc) is 3.08. The van der Waals surface area contributed by atoms with E-state index in [-0.39, 0.29) is 6.54 Å². The van der Waals surface area contributed by atoms with E-state index in [0.29, 0.717) is 12.2 Å². The highest BCUT2D eigenvalue weighted by molar-refractivity contribution is 5.66. The van der Waals surface area contributed by atoms with Gasteiger partial charge in [0.25, 0.3) is 5.56 Å². The highest BCUT2D eigenvalue weighted by atomic mass is 16.6. The Balaban J connectivity index is 2.02. The van der Waals surface area contributed by atoms with Gasteiger partial charge in [-0.05, 0) is 29.6 Å². The molecule has 1 aliphatic heterocycles. The number of nitrogens with zero attached hydrogens (tertiary/aromatic N) is 5. The normalized spacial score (nSPS) is 22.5. The van der Waals surface area contributed by atoms with Gasteiger partial charge in [0.15, 0.2) is 12.3 Å². The van der Waals surface area contributed by atoms with Gasteiger partial charge >= 0.3 is 11.7 Å². The van der Waals surface area contributed by atoms with Crippen molar-refractivity contribution in [3.05, 3.63) is 73.4 Å². The summed E-state index contributed by atoms with van der Waals surface area (Å²) in [7, 11) is 1.55. The molecular weight excluding hydrogens is 406 g/mol. The minimum Gasteiger partial charge on any atom is -0.497 e. The molecule has 11 heteroatoms. The number of methoxy groups -OCH3 is 1. The predicted molar refractivity (Wildman–Crippen MR) is 110 cm³/mol. The molecule has 1 aliphatic rings. The van der Waals surface area contributed by atoms with Crippen LogP contribution in [0, 0.1) is 0 Å². The molecule has 0 amide bonds. The molecule has 31 heavy (non-hydrogen) atoms. The zero-order valence-corrected chi connectivity index (χ0v) is 17.4. The summed E-state index contributed by atoms with van der Waals surface area (Å²) in [5, 5.41) is 3.72. The average molecular weight is 429 g/mol. The van der Waals surface area contributed by atoms with E-state index < -0.39 is 41.7 Å². The fraction of sp³-hybridized carbons (Fsp3) is 0.450. The van der Waals surface area contributed by atoms with Gasteiger partial charge in [0.05, 0.1) is 19.8 Å². The van der Waals surface area contributed by atoms with Gasteiger partial charge in [0.2, 0.25) is 0 Å². The van der Waals surface area contributed by atoms with E-state index in [9.17, 15) is 14.4 Å². The molecule has 11 nitrogen and oxygen atoms in total. The van der Waals surface area contributed by atoms with Crippen LogP contribution in [0.3, 0.4) is 0 Å². The molecule has 1 aromatic carbocycles. The van der Waals surface area contributed by atoms with Crippen molar-refractivity contribution in [1.82, 2.24) is 9.13 Å². The Morgan fingerprint density at radius 3 is 2.55 bits per heavy atom. The van der Waals surface area contributed by atoms with Crippen molar-refractivity contribution in [2.24, 2.45) is 5.11 Å². The number of carbonyl (C=O) groups is 1. The first kappa shape index (κ1) is 22.1. The molecule has 0 unspecified atom stereocenters. The van der Waals surface area contributed by atoms with E-state index in [4.69, 9.17) is 19.7 Å². The van der Waals surface area contributed by atoms with Crippen molar-refractivity contribution in [3.63, 3.8) is 0 Å². The third-order valence-corrected chi connectivity index (χ3v) is 5.07. The largest absolute Gasteiger partial charge is 0.497 e. The first-order valence-electron chi connectivity index (χ1n) is 9.71. The van der Waals surface area contributed by atoms with E-state index in [2.05, 4.69) is 10.0 Å². The quantitative estimate of drug-likeness (QED) is 0.286. The Hall–Kier alpha value is -3.56. The lowest BCUT2D eigenvalue weighted by molar-refractivity contribution is -0.152. The molecule has 0 spiro atoms. The van der Waals surface area contributed by atoms with Crippen LogP contribution in [0.2, 0.25) is 0 Å². The maximum atomic E-state index is 13.2. The van der Waals surface area contributed by atoms with E-state index >= 15 is 0 Å². The summed E-state index contributed by atoms with van der Waals surface area (Å²) < 4.78 is 18.6. The lowest BCUT2D eigenvalue weighted by Crippen LogP contribution is -2.44. The number of esters is 1. The second kappa shape index (κ2) is 9.50. The third-order valence-electron chi connectivity index (χ3n) is 5.07. The monoisotopic (exact) mass is 429 g/mol. The Labute approximate surface area is 177 Å². The highest BCUT2D eigenvalue weighted by Gasteiger charge is 2.47. The molecule has 0 bridgehead atoms. The number of aromatic nitrogens is 2. The molecule has 0 N–H and O–H groups in total. The fourth-order valence-corrected chi connectivity index (χ4v) is 3.58. The van der Waals surface area contributed by atoms with Crippen LogP contribution in [0.15, 0.2) is 51.2 Å². The predicted octanol–water partition coefficient (Wildman–Crippen LogP) is 1.98. The second-order valence-electron chi connectivity index (χ2n) is 7.02. The van der Waals surface area contributed by atoms with Gasteiger partial charge < -0.3 is 14.2 Å². The van der Waals surface area contributed by atoms with E-state index in [1.165, 1.54) is 23.8 Å². The van der Waals surface area contributed by atoms with Crippen LogP contribution in [0.5, 0.6) is 5.75 Å². The lowest BCUT2D eigenvalue weighted by Gasteiger charge is -2.22. The van der Waals surface area contributed by atoms with Gasteiger partial charge in [-0.1, -0.05) is 24.2 Å². The highest BCUT2D eigenvalue weighted by Crippen LogP contribution is 2.34. The Bertz CT molecular complexity index is 1100. The van der Waals surface area contributed by atoms with Crippen molar-refractivity contribution in [3.8, 4) is 5.75 Å². The maximum absolute atomic E-state index is 13.2. The van der Waals surface area contributed by atoms with Crippen LogP contribution in [-0.4, -0.2) is 40.5 Å². The molecule has 0 aliphatic carbocycles. The molecule has 0 radical (unpaired) electrons. The maximum Gasteiger partial charge on any atom is 0.333 e. The molecule has 164 valence electrons. The van der Waals surface area contributed by atoms with Crippen molar-refractivity contribution < 1.29 is 19.0 Å². The van der Waals surface area contributed by atoms with Crippen LogP contribution >= 0.6 is 0 Å². The Morgan fingerprint density at radius 1 is 1.26 bits per heavy atom. The third kappa shape index (κ3) is 4.62. The van der Waals surface area contributed by atoms with Crippen LogP contribution in [-0.2, 0) is 20.8 Å².